The SMILES string of the molecule is O=C(CCC1CCCCC1)Nc1nc(-c2c[nH]c3ncc(Br)cc23)cs1. The van der Waals surface area contributed by atoms with Crippen molar-refractivity contribution in [3.63, 3.8) is 0 Å². The molecule has 0 saturated heterocycles. The Morgan fingerprint density at radius 1 is 1.35 bits per heavy atom. The number of nitrogens with zero attached hydrogens (tertiary/aromatic N) is 2. The molecule has 0 spiro atoms. The molecule has 1 saturated carbocycles. The van der Waals surface area contributed by atoms with Gasteiger partial charge in [0.05, 0.1) is 5.69 Å². The number of pyridine rings is 1. The number of aromatic amines is 1. The van der Waals surface area contributed by atoms with Gasteiger partial charge in [-0.1, -0.05) is 32.1 Å². The number of rotatable bonds is 5. The first kappa shape index (κ1) is 17.7. The van der Waals surface area contributed by atoms with E-state index in [1.54, 1.807) is 6.20 Å². The molecule has 1 aliphatic rings. The van der Waals surface area contributed by atoms with Gasteiger partial charge in [0, 0.05) is 39.6 Å². The number of anilines is 1. The Hall–Kier alpha value is -1.73. The molecule has 0 atom stereocenters. The summed E-state index contributed by atoms with van der Waals surface area (Å²) in [5.74, 6) is 0.790. The van der Waals surface area contributed by atoms with Gasteiger partial charge in [0.15, 0.2) is 5.13 Å². The molecule has 0 aliphatic heterocycles. The fourth-order valence-corrected chi connectivity index (χ4v) is 4.70. The number of carbonyl (C=O) groups is 1. The summed E-state index contributed by atoms with van der Waals surface area (Å²) in [6.07, 6.45) is 11.8. The second kappa shape index (κ2) is 7.88. The van der Waals surface area contributed by atoms with E-state index < -0.39 is 0 Å². The van der Waals surface area contributed by atoms with Gasteiger partial charge in [0.1, 0.15) is 5.65 Å². The third kappa shape index (κ3) is 3.99. The van der Waals surface area contributed by atoms with Crippen molar-refractivity contribution >= 4 is 49.3 Å². The average Bonchev–Trinajstić information content (AvgIpc) is 3.27. The van der Waals surface area contributed by atoms with Crippen molar-refractivity contribution in [1.29, 1.82) is 0 Å². The Morgan fingerprint density at radius 3 is 3.04 bits per heavy atom. The van der Waals surface area contributed by atoms with Crippen LogP contribution in [0.4, 0.5) is 5.13 Å². The highest BCUT2D eigenvalue weighted by Crippen LogP contribution is 2.32. The standard InChI is InChI=1S/C19H21BrN4OS/c20-13-8-14-15(10-22-18(14)21-9-13)16-11-26-19(23-16)24-17(25)7-6-12-4-2-1-3-5-12/h8-12H,1-7H2,(H,21,22)(H,23,24,25). The van der Waals surface area contributed by atoms with Crippen molar-refractivity contribution in [1.82, 2.24) is 15.0 Å². The van der Waals surface area contributed by atoms with Crippen molar-refractivity contribution in [2.45, 2.75) is 44.9 Å². The molecule has 0 bridgehead atoms. The molecule has 3 aromatic heterocycles. The molecule has 0 radical (unpaired) electrons. The summed E-state index contributed by atoms with van der Waals surface area (Å²) < 4.78 is 0.928. The number of thiazole rings is 1. The van der Waals surface area contributed by atoms with E-state index in [2.05, 4.69) is 36.2 Å². The highest BCUT2D eigenvalue weighted by molar-refractivity contribution is 9.10. The summed E-state index contributed by atoms with van der Waals surface area (Å²) in [6, 6.07) is 2.02. The zero-order valence-corrected chi connectivity index (χ0v) is 16.8. The molecule has 1 fully saturated rings. The van der Waals surface area contributed by atoms with Crippen molar-refractivity contribution in [2.24, 2.45) is 5.92 Å². The lowest BCUT2D eigenvalue weighted by Crippen LogP contribution is -2.14. The quantitative estimate of drug-likeness (QED) is 0.539. The van der Waals surface area contributed by atoms with E-state index in [4.69, 9.17) is 0 Å². The summed E-state index contributed by atoms with van der Waals surface area (Å²) in [5, 5.41) is 6.60. The van der Waals surface area contributed by atoms with Crippen molar-refractivity contribution in [3.05, 3.63) is 28.3 Å². The summed E-state index contributed by atoms with van der Waals surface area (Å²) in [7, 11) is 0. The molecule has 26 heavy (non-hydrogen) atoms. The Labute approximate surface area is 164 Å². The largest absolute Gasteiger partial charge is 0.345 e. The van der Waals surface area contributed by atoms with Gasteiger partial charge in [-0.3, -0.25) is 4.79 Å². The lowest BCUT2D eigenvalue weighted by molar-refractivity contribution is -0.116. The Balaban J connectivity index is 1.41. The number of nitrogens with one attached hydrogen (secondary N) is 2. The fourth-order valence-electron chi connectivity index (χ4n) is 3.64. The maximum absolute atomic E-state index is 12.2. The third-order valence-corrected chi connectivity index (χ3v) is 6.22. The van der Waals surface area contributed by atoms with Crippen molar-refractivity contribution in [3.8, 4) is 11.3 Å². The molecule has 1 amide bonds. The lowest BCUT2D eigenvalue weighted by Gasteiger charge is -2.20. The Bertz CT molecular complexity index is 913. The van der Waals surface area contributed by atoms with Crippen LogP contribution >= 0.6 is 27.3 Å². The predicted octanol–water partition coefficient (Wildman–Crippen LogP) is 5.75. The van der Waals surface area contributed by atoms with E-state index in [1.807, 2.05) is 17.6 Å². The first-order chi connectivity index (χ1) is 12.7. The molecule has 136 valence electrons. The normalized spacial score (nSPS) is 15.4. The second-order valence-electron chi connectivity index (χ2n) is 6.88. The van der Waals surface area contributed by atoms with Crippen LogP contribution in [0.25, 0.3) is 22.3 Å². The van der Waals surface area contributed by atoms with Gasteiger partial charge in [0.2, 0.25) is 5.91 Å². The molecule has 2 N–H and O–H groups in total. The zero-order chi connectivity index (χ0) is 17.9. The van der Waals surface area contributed by atoms with Crippen LogP contribution in [0.5, 0.6) is 0 Å². The van der Waals surface area contributed by atoms with Crippen molar-refractivity contribution in [2.75, 3.05) is 5.32 Å². The number of H-pyrrole nitrogens is 1. The van der Waals surface area contributed by atoms with Gasteiger partial charge >= 0.3 is 0 Å². The number of amides is 1. The number of hydrogen-bond acceptors (Lipinski definition) is 4. The van der Waals surface area contributed by atoms with E-state index >= 15 is 0 Å². The number of halogens is 1. The highest BCUT2D eigenvalue weighted by Gasteiger charge is 2.16. The molecule has 5 nitrogen and oxygen atoms in total. The number of hydrogen-bond donors (Lipinski definition) is 2. The second-order valence-corrected chi connectivity index (χ2v) is 8.65. The van der Waals surface area contributed by atoms with Gasteiger partial charge in [-0.15, -0.1) is 11.3 Å². The molecule has 0 aromatic carbocycles. The zero-order valence-electron chi connectivity index (χ0n) is 14.4. The highest BCUT2D eigenvalue weighted by atomic mass is 79.9. The van der Waals surface area contributed by atoms with E-state index in [0.717, 1.165) is 39.1 Å². The summed E-state index contributed by atoms with van der Waals surface area (Å²) >= 11 is 4.92. The number of carbonyl (C=O) groups excluding carboxylic acids is 1. The number of aromatic nitrogens is 3. The average molecular weight is 433 g/mol. The van der Waals surface area contributed by atoms with Crippen LogP contribution in [0, 0.1) is 5.92 Å². The maximum Gasteiger partial charge on any atom is 0.226 e. The Kier molecular flexibility index (Phi) is 5.36. The van der Waals surface area contributed by atoms with Crippen LogP contribution < -0.4 is 5.32 Å². The molecule has 0 unspecified atom stereocenters. The van der Waals surface area contributed by atoms with Gasteiger partial charge in [-0.05, 0) is 34.3 Å². The smallest absolute Gasteiger partial charge is 0.226 e. The molecular weight excluding hydrogens is 412 g/mol. The minimum atomic E-state index is 0.0693. The van der Waals surface area contributed by atoms with E-state index in [1.165, 1.54) is 43.4 Å². The van der Waals surface area contributed by atoms with Crippen LogP contribution in [0.3, 0.4) is 0 Å². The molecule has 3 aromatic rings. The minimum absolute atomic E-state index is 0.0693. The first-order valence-corrected chi connectivity index (χ1v) is 10.7. The summed E-state index contributed by atoms with van der Waals surface area (Å²) in [5.41, 5.74) is 2.67. The molecule has 1 aliphatic carbocycles. The molecule has 4 rings (SSSR count). The lowest BCUT2D eigenvalue weighted by atomic mass is 9.86. The van der Waals surface area contributed by atoms with Gasteiger partial charge in [0.25, 0.3) is 0 Å². The van der Waals surface area contributed by atoms with Gasteiger partial charge in [-0.25, -0.2) is 9.97 Å². The van der Waals surface area contributed by atoms with Gasteiger partial charge in [-0.2, -0.15) is 0 Å². The molecular formula is C19H21BrN4OS. The fraction of sp³-hybridized carbons (Fsp3) is 0.421. The minimum Gasteiger partial charge on any atom is -0.345 e. The predicted molar refractivity (Wildman–Crippen MR) is 109 cm³/mol. The maximum atomic E-state index is 12.2. The van der Waals surface area contributed by atoms with E-state index in [-0.39, 0.29) is 5.91 Å². The van der Waals surface area contributed by atoms with Crippen LogP contribution in [-0.4, -0.2) is 20.9 Å². The number of fused-ring (bicyclic) bond motifs is 1. The van der Waals surface area contributed by atoms with Crippen LogP contribution in [0.2, 0.25) is 0 Å². The third-order valence-electron chi connectivity index (χ3n) is 5.03. The summed E-state index contributed by atoms with van der Waals surface area (Å²) in [4.78, 5) is 24.4. The summed E-state index contributed by atoms with van der Waals surface area (Å²) in [6.45, 7) is 0. The van der Waals surface area contributed by atoms with Crippen LogP contribution in [0.1, 0.15) is 44.9 Å². The Morgan fingerprint density at radius 2 is 2.19 bits per heavy atom. The van der Waals surface area contributed by atoms with Gasteiger partial charge < -0.3 is 10.3 Å². The molecule has 3 heterocycles. The first-order valence-electron chi connectivity index (χ1n) is 9.07. The van der Waals surface area contributed by atoms with Crippen LogP contribution in [-0.2, 0) is 4.79 Å². The van der Waals surface area contributed by atoms with E-state index in [0.29, 0.717) is 11.6 Å². The molecule has 7 heteroatoms. The monoisotopic (exact) mass is 432 g/mol. The topological polar surface area (TPSA) is 70.7 Å². The van der Waals surface area contributed by atoms with E-state index in [9.17, 15) is 4.79 Å². The van der Waals surface area contributed by atoms with Crippen LogP contribution in [0.15, 0.2) is 28.3 Å². The van der Waals surface area contributed by atoms with Crippen molar-refractivity contribution < 1.29 is 4.79 Å².